The molecule has 1 fully saturated rings. The van der Waals surface area contributed by atoms with Gasteiger partial charge < -0.3 is 18.4 Å². The van der Waals surface area contributed by atoms with Gasteiger partial charge in [0.2, 0.25) is 0 Å². The van der Waals surface area contributed by atoms with Gasteiger partial charge in [-0.25, -0.2) is 0 Å². The molecule has 1 aliphatic heterocycles. The molecule has 4 nitrogen and oxygen atoms in total. The molecule has 11 heavy (non-hydrogen) atoms. The number of hydrogen-bond donors (Lipinski definition) is 2. The molecule has 0 aromatic rings. The van der Waals surface area contributed by atoms with E-state index >= 15 is 0 Å². The highest BCUT2D eigenvalue weighted by Crippen LogP contribution is 2.26. The Hall–Kier alpha value is -0.463. The van der Waals surface area contributed by atoms with Crippen LogP contribution in [-0.2, 0) is 8.85 Å². The van der Waals surface area contributed by atoms with Crippen LogP contribution in [0, 0.1) is 0 Å². The second kappa shape index (κ2) is 2.54. The zero-order valence-corrected chi connectivity index (χ0v) is 6.99. The van der Waals surface area contributed by atoms with Crippen molar-refractivity contribution in [1.29, 1.82) is 0 Å². The predicted octanol–water partition coefficient (Wildman–Crippen LogP) is -0.436. The molecule has 0 radical (unpaired) electrons. The Bertz CT molecular complexity index is 181. The maximum absolute atomic E-state index is 8.95. The fourth-order valence-corrected chi connectivity index (χ4v) is 1.99. The van der Waals surface area contributed by atoms with E-state index in [1.807, 2.05) is 0 Å². The maximum atomic E-state index is 8.95. The summed E-state index contributed by atoms with van der Waals surface area (Å²) in [5.74, 6) is 0. The van der Waals surface area contributed by atoms with Crippen molar-refractivity contribution in [3.63, 3.8) is 0 Å². The van der Waals surface area contributed by atoms with Crippen LogP contribution in [0.2, 0.25) is 0 Å². The van der Waals surface area contributed by atoms with Gasteiger partial charge in [-0.3, -0.25) is 0 Å². The molecule has 0 aromatic heterocycles. The molecule has 0 unspecified atom stereocenters. The van der Waals surface area contributed by atoms with Crippen LogP contribution < -0.4 is 0 Å². The van der Waals surface area contributed by atoms with Gasteiger partial charge in [0.25, 0.3) is 0 Å². The third-order valence-corrected chi connectivity index (χ3v) is 2.67. The predicted molar refractivity (Wildman–Crippen MR) is 40.4 cm³/mol. The van der Waals surface area contributed by atoms with E-state index in [4.69, 9.17) is 14.0 Å². The Morgan fingerprint density at radius 2 is 1.91 bits per heavy atom. The average Bonchev–Trinajstić information content (AvgIpc) is 2.28. The summed E-state index contributed by atoms with van der Waals surface area (Å²) in [7, 11) is -3.86. The van der Waals surface area contributed by atoms with E-state index in [2.05, 4.69) is 17.6 Å². The molecule has 1 saturated heterocycles. The average molecular weight is 174 g/mol. The minimum Gasteiger partial charge on any atom is -0.367 e. The zero-order valence-electron chi connectivity index (χ0n) is 5.99. The fraction of sp³-hybridized carbons (Fsp3) is 0.333. The van der Waals surface area contributed by atoms with Gasteiger partial charge in [0, 0.05) is 0 Å². The SMILES string of the molecule is C=CC1(C=C)CO[Si](O)(O)O1. The summed E-state index contributed by atoms with van der Waals surface area (Å²) in [4.78, 5) is 17.9. The summed E-state index contributed by atoms with van der Waals surface area (Å²) in [6, 6.07) is 0. The Labute approximate surface area is 65.9 Å². The smallest absolute Gasteiger partial charge is 0.367 e. The Morgan fingerprint density at radius 3 is 2.09 bits per heavy atom. The highest BCUT2D eigenvalue weighted by atomic mass is 28.4. The van der Waals surface area contributed by atoms with Crippen molar-refractivity contribution in [3.05, 3.63) is 25.3 Å². The molecule has 0 amide bonds. The third-order valence-electron chi connectivity index (χ3n) is 1.50. The fourth-order valence-electron chi connectivity index (χ4n) is 0.798. The molecule has 5 heteroatoms. The van der Waals surface area contributed by atoms with Gasteiger partial charge in [-0.05, 0) is 0 Å². The topological polar surface area (TPSA) is 58.9 Å². The summed E-state index contributed by atoms with van der Waals surface area (Å²) in [6.45, 7) is 7.02. The minimum atomic E-state index is -3.86. The lowest BCUT2D eigenvalue weighted by Gasteiger charge is -2.17. The van der Waals surface area contributed by atoms with Crippen molar-refractivity contribution in [3.8, 4) is 0 Å². The second-order valence-electron chi connectivity index (χ2n) is 2.30. The molecule has 0 atom stereocenters. The summed E-state index contributed by atoms with van der Waals surface area (Å²) in [5, 5.41) is 0. The van der Waals surface area contributed by atoms with Crippen LogP contribution in [0.3, 0.4) is 0 Å². The molecular weight excluding hydrogens is 164 g/mol. The van der Waals surface area contributed by atoms with Gasteiger partial charge in [0.1, 0.15) is 5.60 Å². The summed E-state index contributed by atoms with van der Waals surface area (Å²) in [6.07, 6.45) is 2.86. The summed E-state index contributed by atoms with van der Waals surface area (Å²) < 4.78 is 9.45. The van der Waals surface area contributed by atoms with E-state index in [-0.39, 0.29) is 6.61 Å². The zero-order chi connectivity index (χ0) is 8.54. The Morgan fingerprint density at radius 1 is 1.36 bits per heavy atom. The summed E-state index contributed by atoms with van der Waals surface area (Å²) >= 11 is 0. The summed E-state index contributed by atoms with van der Waals surface area (Å²) in [5.41, 5.74) is -0.921. The lowest BCUT2D eigenvalue weighted by atomic mass is 10.1. The molecule has 62 valence electrons. The third kappa shape index (κ3) is 1.58. The normalized spacial score (nSPS) is 26.4. The molecule has 0 saturated carbocycles. The van der Waals surface area contributed by atoms with Crippen molar-refractivity contribution >= 4 is 9.05 Å². The largest absolute Gasteiger partial charge is 0.675 e. The van der Waals surface area contributed by atoms with Crippen LogP contribution in [0.1, 0.15) is 0 Å². The van der Waals surface area contributed by atoms with Crippen molar-refractivity contribution < 1.29 is 18.4 Å². The van der Waals surface area contributed by atoms with Crippen molar-refractivity contribution in [1.82, 2.24) is 0 Å². The monoisotopic (exact) mass is 174 g/mol. The first kappa shape index (κ1) is 8.63. The van der Waals surface area contributed by atoms with Crippen LogP contribution in [-0.4, -0.2) is 30.8 Å². The molecule has 1 rings (SSSR count). The van der Waals surface area contributed by atoms with Crippen LogP contribution >= 0.6 is 0 Å². The van der Waals surface area contributed by atoms with Crippen LogP contribution in [0.25, 0.3) is 0 Å². The van der Waals surface area contributed by atoms with E-state index in [1.54, 1.807) is 0 Å². The lowest BCUT2D eigenvalue weighted by Crippen LogP contribution is -2.39. The highest BCUT2D eigenvalue weighted by Gasteiger charge is 2.51. The molecule has 0 bridgehead atoms. The van der Waals surface area contributed by atoms with Gasteiger partial charge in [-0.1, -0.05) is 25.3 Å². The van der Waals surface area contributed by atoms with E-state index in [0.717, 1.165) is 0 Å². The van der Waals surface area contributed by atoms with Crippen molar-refractivity contribution in [2.75, 3.05) is 6.61 Å². The van der Waals surface area contributed by atoms with E-state index in [1.165, 1.54) is 12.2 Å². The van der Waals surface area contributed by atoms with E-state index in [0.29, 0.717) is 0 Å². The van der Waals surface area contributed by atoms with E-state index in [9.17, 15) is 0 Å². The Kier molecular flexibility index (Phi) is 1.99. The Balaban J connectivity index is 2.78. The standard InChI is InChI=1S/C6H10O4Si/c1-3-6(4-2)5-9-11(7,8)10-6/h3-4,7-8H,1-2,5H2. The maximum Gasteiger partial charge on any atom is 0.675 e. The van der Waals surface area contributed by atoms with Gasteiger partial charge in [0.15, 0.2) is 0 Å². The molecule has 0 spiro atoms. The van der Waals surface area contributed by atoms with Crippen molar-refractivity contribution in [2.24, 2.45) is 0 Å². The lowest BCUT2D eigenvalue weighted by molar-refractivity contribution is 0.0867. The van der Waals surface area contributed by atoms with Crippen LogP contribution in [0.5, 0.6) is 0 Å². The van der Waals surface area contributed by atoms with Crippen molar-refractivity contribution in [2.45, 2.75) is 5.60 Å². The highest BCUT2D eigenvalue weighted by molar-refractivity contribution is 6.51. The first-order valence-corrected chi connectivity index (χ1v) is 4.81. The molecule has 1 aliphatic rings. The van der Waals surface area contributed by atoms with Gasteiger partial charge in [0.05, 0.1) is 6.61 Å². The quantitative estimate of drug-likeness (QED) is 0.440. The van der Waals surface area contributed by atoms with E-state index < -0.39 is 14.6 Å². The molecule has 0 aliphatic carbocycles. The molecule has 2 N–H and O–H groups in total. The van der Waals surface area contributed by atoms with Gasteiger partial charge in [-0.2, -0.15) is 0 Å². The molecule has 0 aromatic carbocycles. The molecular formula is C6H10O4Si. The number of hydrogen-bond acceptors (Lipinski definition) is 4. The first-order chi connectivity index (χ1) is 5.04. The van der Waals surface area contributed by atoms with Crippen LogP contribution in [0.4, 0.5) is 0 Å². The first-order valence-electron chi connectivity index (χ1n) is 3.10. The minimum absolute atomic E-state index is 0.0687. The number of rotatable bonds is 2. The van der Waals surface area contributed by atoms with Gasteiger partial charge >= 0.3 is 9.05 Å². The van der Waals surface area contributed by atoms with Gasteiger partial charge in [-0.15, -0.1) is 0 Å². The molecule has 1 heterocycles. The second-order valence-corrected chi connectivity index (χ2v) is 3.89. The van der Waals surface area contributed by atoms with Crippen LogP contribution in [0.15, 0.2) is 25.3 Å².